The highest BCUT2D eigenvalue weighted by Gasteiger charge is 2.31. The van der Waals surface area contributed by atoms with E-state index in [1.54, 1.807) is 30.3 Å². The second-order valence-electron chi connectivity index (χ2n) is 6.17. The molecule has 2 rings (SSSR count). The fourth-order valence-electron chi connectivity index (χ4n) is 2.50. The quantitative estimate of drug-likeness (QED) is 0.335. The number of carbonyl (C=O) groups is 3. The molecule has 28 heavy (non-hydrogen) atoms. The number of carbonyl (C=O) groups excluding carboxylic acids is 1. The number of thioether (sulfide) groups is 1. The van der Waals surface area contributed by atoms with E-state index in [1.165, 1.54) is 23.6 Å². The maximum atomic E-state index is 12.7. The zero-order chi connectivity index (χ0) is 20.7. The zero-order valence-electron chi connectivity index (χ0n) is 15.3. The second kappa shape index (κ2) is 10.2. The Morgan fingerprint density at radius 3 is 2.64 bits per heavy atom. The molecule has 1 unspecified atom stereocenters. The molecular formula is C19H21NO6S2. The molecule has 1 heterocycles. The third kappa shape index (κ3) is 6.07. The Hall–Kier alpha value is -2.39. The lowest BCUT2D eigenvalue weighted by Gasteiger charge is -2.14. The Morgan fingerprint density at radius 1 is 1.25 bits per heavy atom. The van der Waals surface area contributed by atoms with E-state index in [4.69, 9.17) is 27.2 Å². The number of aliphatic carboxylic acids is 2. The molecule has 0 aliphatic carbocycles. The molecule has 0 bridgehead atoms. The van der Waals surface area contributed by atoms with Crippen LogP contribution < -0.4 is 4.74 Å². The van der Waals surface area contributed by atoms with Crippen molar-refractivity contribution in [2.24, 2.45) is 0 Å². The van der Waals surface area contributed by atoms with E-state index in [0.717, 1.165) is 0 Å². The highest BCUT2D eigenvalue weighted by atomic mass is 32.2. The van der Waals surface area contributed by atoms with E-state index in [0.29, 0.717) is 46.3 Å². The van der Waals surface area contributed by atoms with Gasteiger partial charge in [0.2, 0.25) is 0 Å². The van der Waals surface area contributed by atoms with E-state index in [-0.39, 0.29) is 12.3 Å². The fourth-order valence-corrected chi connectivity index (χ4v) is 3.80. The monoisotopic (exact) mass is 423 g/mol. The fraction of sp³-hybridized carbons (Fsp3) is 0.368. The maximum Gasteiger partial charge on any atom is 0.344 e. The number of unbranched alkanes of at least 4 members (excludes halogenated alkanes) is 2. The number of nitrogens with zero attached hydrogens (tertiary/aromatic N) is 1. The Kier molecular flexibility index (Phi) is 8.01. The van der Waals surface area contributed by atoms with Crippen LogP contribution >= 0.6 is 24.0 Å². The minimum atomic E-state index is -1.08. The zero-order valence-corrected chi connectivity index (χ0v) is 16.9. The number of amides is 1. The van der Waals surface area contributed by atoms with Gasteiger partial charge in [0.15, 0.2) is 6.10 Å². The minimum absolute atomic E-state index is 0.115. The lowest BCUT2D eigenvalue weighted by atomic mass is 10.1. The van der Waals surface area contributed by atoms with Gasteiger partial charge in [-0.25, -0.2) is 4.79 Å². The molecule has 2 N–H and O–H groups in total. The van der Waals surface area contributed by atoms with Crippen LogP contribution in [0.1, 0.15) is 38.2 Å². The van der Waals surface area contributed by atoms with Crippen molar-refractivity contribution in [1.82, 2.24) is 4.90 Å². The standard InChI is InChI=1S/C19H21NO6S2/c1-12(18(24)25)26-14-8-5-4-7-13(14)11-15-17(23)20(19(27)28-15)10-6-2-3-9-16(21)22/h4-5,7-8,11-12H,2-3,6,9-10H2,1H3,(H,21,22)(H,24,25)/b15-11-. The Labute approximate surface area is 172 Å². The molecule has 1 aliphatic rings. The van der Waals surface area contributed by atoms with Gasteiger partial charge >= 0.3 is 11.9 Å². The summed E-state index contributed by atoms with van der Waals surface area (Å²) < 4.78 is 5.91. The average molecular weight is 424 g/mol. The number of carboxylic acid groups (broad SMARTS) is 2. The second-order valence-corrected chi connectivity index (χ2v) is 7.85. The van der Waals surface area contributed by atoms with Gasteiger partial charge in [-0.1, -0.05) is 48.6 Å². The first-order valence-corrected chi connectivity index (χ1v) is 9.97. The molecule has 7 nitrogen and oxygen atoms in total. The molecule has 1 aromatic rings. The molecule has 1 amide bonds. The number of hydrogen-bond acceptors (Lipinski definition) is 6. The van der Waals surface area contributed by atoms with Crippen molar-refractivity contribution in [2.45, 2.75) is 38.7 Å². The predicted octanol–water partition coefficient (Wildman–Crippen LogP) is 3.38. The molecule has 150 valence electrons. The van der Waals surface area contributed by atoms with Crippen LogP contribution in [0.4, 0.5) is 0 Å². The number of ether oxygens (including phenoxy) is 1. The van der Waals surface area contributed by atoms with Gasteiger partial charge in [-0.05, 0) is 31.9 Å². The Bertz CT molecular complexity index is 807. The van der Waals surface area contributed by atoms with Gasteiger partial charge < -0.3 is 14.9 Å². The molecule has 0 saturated carbocycles. The molecule has 0 radical (unpaired) electrons. The van der Waals surface area contributed by atoms with Gasteiger partial charge in [0, 0.05) is 18.5 Å². The SMILES string of the molecule is CC(Oc1ccccc1/C=C1\SC(=S)N(CCCCCC(=O)O)C1=O)C(=O)O. The molecular weight excluding hydrogens is 402 g/mol. The summed E-state index contributed by atoms with van der Waals surface area (Å²) in [6.45, 7) is 1.87. The minimum Gasteiger partial charge on any atom is -0.481 e. The van der Waals surface area contributed by atoms with E-state index in [1.807, 2.05) is 0 Å². The van der Waals surface area contributed by atoms with Crippen molar-refractivity contribution >= 4 is 52.2 Å². The lowest BCUT2D eigenvalue weighted by molar-refractivity contribution is -0.144. The highest BCUT2D eigenvalue weighted by Crippen LogP contribution is 2.34. The van der Waals surface area contributed by atoms with Crippen LogP contribution in [0.15, 0.2) is 29.2 Å². The van der Waals surface area contributed by atoms with Crippen LogP contribution in [-0.2, 0) is 14.4 Å². The van der Waals surface area contributed by atoms with Crippen LogP contribution in [0.5, 0.6) is 5.75 Å². The van der Waals surface area contributed by atoms with Gasteiger partial charge in [-0.3, -0.25) is 14.5 Å². The summed E-state index contributed by atoms with van der Waals surface area (Å²) in [7, 11) is 0. The first-order valence-electron chi connectivity index (χ1n) is 8.75. The molecule has 0 spiro atoms. The van der Waals surface area contributed by atoms with Crippen LogP contribution in [0.25, 0.3) is 6.08 Å². The lowest BCUT2D eigenvalue weighted by Crippen LogP contribution is -2.29. The van der Waals surface area contributed by atoms with Crippen molar-refractivity contribution in [3.8, 4) is 5.75 Å². The predicted molar refractivity (Wildman–Crippen MR) is 110 cm³/mol. The summed E-state index contributed by atoms with van der Waals surface area (Å²) in [6.07, 6.45) is 2.67. The van der Waals surface area contributed by atoms with Crippen molar-refractivity contribution < 1.29 is 29.3 Å². The topological polar surface area (TPSA) is 104 Å². The summed E-state index contributed by atoms with van der Waals surface area (Å²) in [4.78, 5) is 36.2. The van der Waals surface area contributed by atoms with Crippen molar-refractivity contribution in [2.75, 3.05) is 6.54 Å². The highest BCUT2D eigenvalue weighted by molar-refractivity contribution is 8.26. The molecule has 1 fully saturated rings. The van der Waals surface area contributed by atoms with E-state index in [2.05, 4.69) is 0 Å². The number of rotatable bonds is 10. The van der Waals surface area contributed by atoms with Gasteiger partial charge in [-0.15, -0.1) is 0 Å². The van der Waals surface area contributed by atoms with Crippen molar-refractivity contribution in [1.29, 1.82) is 0 Å². The third-order valence-corrected chi connectivity index (χ3v) is 5.38. The third-order valence-electron chi connectivity index (χ3n) is 4.00. The van der Waals surface area contributed by atoms with E-state index < -0.39 is 18.0 Å². The summed E-state index contributed by atoms with van der Waals surface area (Å²) in [5.74, 6) is -1.75. The van der Waals surface area contributed by atoms with Crippen molar-refractivity contribution in [3.63, 3.8) is 0 Å². The van der Waals surface area contributed by atoms with E-state index in [9.17, 15) is 14.4 Å². The van der Waals surface area contributed by atoms with E-state index >= 15 is 0 Å². The Morgan fingerprint density at radius 2 is 1.96 bits per heavy atom. The normalized spacial score (nSPS) is 16.5. The first kappa shape index (κ1) is 21.9. The number of para-hydroxylation sites is 1. The van der Waals surface area contributed by atoms with Crippen LogP contribution in [0, 0.1) is 0 Å². The number of benzene rings is 1. The molecule has 0 aromatic heterocycles. The largest absolute Gasteiger partial charge is 0.481 e. The van der Waals surface area contributed by atoms with Gasteiger partial charge in [-0.2, -0.15) is 0 Å². The number of hydrogen-bond donors (Lipinski definition) is 2. The van der Waals surface area contributed by atoms with Crippen LogP contribution in [0.2, 0.25) is 0 Å². The van der Waals surface area contributed by atoms with Crippen LogP contribution in [0.3, 0.4) is 0 Å². The molecule has 1 aromatic carbocycles. The number of thiocarbonyl (C=S) groups is 1. The van der Waals surface area contributed by atoms with Crippen LogP contribution in [-0.4, -0.2) is 49.9 Å². The maximum absolute atomic E-state index is 12.7. The van der Waals surface area contributed by atoms with Gasteiger partial charge in [0.05, 0.1) is 4.91 Å². The van der Waals surface area contributed by atoms with Crippen molar-refractivity contribution in [3.05, 3.63) is 34.7 Å². The summed E-state index contributed by atoms with van der Waals surface area (Å²) in [5.41, 5.74) is 0.595. The molecule has 1 aliphatic heterocycles. The summed E-state index contributed by atoms with van der Waals surface area (Å²) in [6, 6.07) is 6.88. The summed E-state index contributed by atoms with van der Waals surface area (Å²) >= 11 is 6.47. The average Bonchev–Trinajstić information content (AvgIpc) is 2.89. The first-order chi connectivity index (χ1) is 13.3. The van der Waals surface area contributed by atoms with Gasteiger partial charge in [0.25, 0.3) is 5.91 Å². The smallest absolute Gasteiger partial charge is 0.344 e. The number of carboxylic acids is 2. The van der Waals surface area contributed by atoms with Gasteiger partial charge in [0.1, 0.15) is 10.1 Å². The molecule has 1 saturated heterocycles. The molecule has 9 heteroatoms. The summed E-state index contributed by atoms with van der Waals surface area (Å²) in [5, 5.41) is 17.7. The Balaban J connectivity index is 2.05. The molecule has 1 atom stereocenters.